The van der Waals surface area contributed by atoms with Gasteiger partial charge in [-0.2, -0.15) is 4.73 Å². The summed E-state index contributed by atoms with van der Waals surface area (Å²) in [5.41, 5.74) is 1.04. The van der Waals surface area contributed by atoms with Crippen molar-refractivity contribution in [3.63, 3.8) is 0 Å². The van der Waals surface area contributed by atoms with Crippen LogP contribution in [-0.4, -0.2) is 72.8 Å². The molecule has 0 unspecified atom stereocenters. The number of carbonyl (C=O) groups excluding carboxylic acids is 5. The fraction of sp³-hybridized carbons (Fsp3) is 0.556. The monoisotopic (exact) mass is 681 g/mol. The number of aromatic nitrogens is 1. The predicted molar refractivity (Wildman–Crippen MR) is 188 cm³/mol. The second-order valence-electron chi connectivity index (χ2n) is 13.1. The number of hydrogen-bond donors (Lipinski definition) is 6. The van der Waals surface area contributed by atoms with Crippen molar-refractivity contribution in [1.82, 2.24) is 31.9 Å². The lowest BCUT2D eigenvalue weighted by atomic mass is 10.0. The van der Waals surface area contributed by atoms with E-state index < -0.39 is 36.0 Å². The Bertz CT molecular complexity index is 1350. The molecule has 0 radical (unpaired) electrons. The van der Waals surface area contributed by atoms with Crippen LogP contribution in [0.5, 0.6) is 0 Å². The molecule has 1 aromatic heterocycles. The van der Waals surface area contributed by atoms with Gasteiger partial charge in [0, 0.05) is 37.7 Å². The normalized spacial score (nSPS) is 14.2. The third-order valence-corrected chi connectivity index (χ3v) is 7.94. The molecule has 13 nitrogen and oxygen atoms in total. The van der Waals surface area contributed by atoms with Crippen LogP contribution in [0, 0.1) is 17.0 Å². The smallest absolute Gasteiger partial charge is 0.252 e. The minimum Gasteiger partial charge on any atom is -0.619 e. The van der Waals surface area contributed by atoms with E-state index in [1.807, 2.05) is 71.9 Å². The lowest BCUT2D eigenvalue weighted by Crippen LogP contribution is -2.57. The third kappa shape index (κ3) is 14.2. The average Bonchev–Trinajstić information content (AvgIpc) is 3.05. The highest BCUT2D eigenvalue weighted by atomic mass is 16.5. The lowest BCUT2D eigenvalue weighted by molar-refractivity contribution is -0.605. The van der Waals surface area contributed by atoms with Crippen molar-refractivity contribution in [2.24, 2.45) is 11.8 Å². The van der Waals surface area contributed by atoms with E-state index in [9.17, 15) is 29.2 Å². The Morgan fingerprint density at radius 2 is 1.39 bits per heavy atom. The Balaban J connectivity index is 2.14. The molecule has 13 heteroatoms. The number of nitrogens with one attached hydrogen (secondary N) is 6. The highest BCUT2D eigenvalue weighted by Gasteiger charge is 2.30. The summed E-state index contributed by atoms with van der Waals surface area (Å²) in [7, 11) is 0. The number of carbonyl (C=O) groups is 5. The van der Waals surface area contributed by atoms with Gasteiger partial charge in [0.25, 0.3) is 5.91 Å². The Hall–Kier alpha value is -4.52. The zero-order valence-corrected chi connectivity index (χ0v) is 29.9. The second-order valence-corrected chi connectivity index (χ2v) is 13.1. The van der Waals surface area contributed by atoms with Crippen molar-refractivity contribution in [2.75, 3.05) is 13.1 Å². The molecule has 49 heavy (non-hydrogen) atoms. The first-order valence-electron chi connectivity index (χ1n) is 17.2. The van der Waals surface area contributed by atoms with Crippen LogP contribution in [0.25, 0.3) is 0 Å². The molecule has 0 aliphatic heterocycles. The molecule has 0 spiro atoms. The fourth-order valence-corrected chi connectivity index (χ4v) is 5.27. The predicted octanol–water partition coefficient (Wildman–Crippen LogP) is 1.73. The summed E-state index contributed by atoms with van der Waals surface area (Å²) in [4.78, 5) is 65.8. The Morgan fingerprint density at radius 3 is 1.96 bits per heavy atom. The van der Waals surface area contributed by atoms with Gasteiger partial charge in [-0.3, -0.25) is 24.0 Å². The zero-order valence-electron chi connectivity index (χ0n) is 29.9. The summed E-state index contributed by atoms with van der Waals surface area (Å²) >= 11 is 0. The number of rotatable bonds is 20. The maximum atomic E-state index is 13.7. The number of benzene rings is 1. The lowest BCUT2D eigenvalue weighted by Gasteiger charge is -2.28. The van der Waals surface area contributed by atoms with Gasteiger partial charge in [-0.1, -0.05) is 71.4 Å². The number of hydrogen-bond acceptors (Lipinski definition) is 7. The van der Waals surface area contributed by atoms with Crippen LogP contribution >= 0.6 is 0 Å². The maximum Gasteiger partial charge on any atom is 0.252 e. The van der Waals surface area contributed by atoms with Crippen LogP contribution in [0.2, 0.25) is 0 Å². The van der Waals surface area contributed by atoms with Crippen LogP contribution < -0.4 is 36.6 Å². The zero-order chi connectivity index (χ0) is 36.5. The Labute approximate surface area is 290 Å². The molecule has 0 saturated heterocycles. The molecule has 0 aliphatic rings. The summed E-state index contributed by atoms with van der Waals surface area (Å²) in [6.07, 6.45) is 4.17. The van der Waals surface area contributed by atoms with E-state index in [0.29, 0.717) is 30.5 Å². The Morgan fingerprint density at radius 1 is 0.755 bits per heavy atom. The molecule has 1 heterocycles. The summed E-state index contributed by atoms with van der Waals surface area (Å²) in [6, 6.07) is 8.41. The van der Waals surface area contributed by atoms with Crippen molar-refractivity contribution < 1.29 is 28.7 Å². The number of amides is 5. The van der Waals surface area contributed by atoms with Crippen molar-refractivity contribution in [3.05, 3.63) is 71.2 Å². The van der Waals surface area contributed by atoms with Crippen molar-refractivity contribution in [1.29, 1.82) is 0 Å². The molecule has 6 N–H and O–H groups in total. The van der Waals surface area contributed by atoms with E-state index in [0.717, 1.165) is 5.56 Å². The first-order chi connectivity index (χ1) is 23.2. The van der Waals surface area contributed by atoms with Crippen LogP contribution in [0.1, 0.15) is 83.7 Å². The van der Waals surface area contributed by atoms with E-state index in [-0.39, 0.29) is 54.1 Å². The summed E-state index contributed by atoms with van der Waals surface area (Å²) < 4.78 is 0.563. The first kappa shape index (κ1) is 40.7. The summed E-state index contributed by atoms with van der Waals surface area (Å²) in [5.74, 6) is -1.87. The van der Waals surface area contributed by atoms with Gasteiger partial charge in [0.1, 0.15) is 18.1 Å². The van der Waals surface area contributed by atoms with Crippen LogP contribution in [0.3, 0.4) is 0 Å². The number of nitrogens with zero attached hydrogens (tertiary/aromatic N) is 1. The van der Waals surface area contributed by atoms with Crippen LogP contribution in [0.4, 0.5) is 0 Å². The number of likely N-dealkylation sites (N-methyl/N-ethyl adjacent to an activating group) is 1. The van der Waals surface area contributed by atoms with Crippen molar-refractivity contribution >= 4 is 29.5 Å². The molecular weight excluding hydrogens is 626 g/mol. The van der Waals surface area contributed by atoms with Gasteiger partial charge < -0.3 is 37.1 Å². The maximum absolute atomic E-state index is 13.7. The van der Waals surface area contributed by atoms with Crippen molar-refractivity contribution in [3.8, 4) is 0 Å². The van der Waals surface area contributed by atoms with E-state index in [4.69, 9.17) is 0 Å². The minimum absolute atomic E-state index is 0.105. The topological polar surface area (TPSA) is 184 Å². The summed E-state index contributed by atoms with van der Waals surface area (Å²) in [6.45, 7) is 14.0. The highest BCUT2D eigenvalue weighted by Crippen LogP contribution is 2.10. The average molecular weight is 682 g/mol. The van der Waals surface area contributed by atoms with E-state index in [1.165, 1.54) is 24.5 Å². The highest BCUT2D eigenvalue weighted by molar-refractivity contribution is 5.98. The molecular formula is C36H55N7O6. The molecule has 5 atom stereocenters. The van der Waals surface area contributed by atoms with E-state index in [1.54, 1.807) is 6.92 Å². The van der Waals surface area contributed by atoms with Crippen LogP contribution in [-0.2, 0) is 25.6 Å². The Kier molecular flexibility index (Phi) is 17.2. The standard InChI is InChI=1S/C36H55N7O6/c1-8-13-29(40-35(47)30(21-26-14-11-10-12-15-26)41-33(45)27-16-18-43(49)19-17-27)34(46)39-28(20-23(3)4)22-38-25(7)32(44)42-31(24(5)6)36(48)37-9-2/h10-12,14-19,23-25,28-31,38H,8-9,13,20-22H2,1-7H3,(H,37,48)(H,39,46)(H,40,47)(H,41,45)(H,42,44)/t25-,28-,29-,30-,31-/m1/s1. The van der Waals surface area contributed by atoms with Gasteiger partial charge in [-0.15, -0.1) is 0 Å². The molecule has 0 fully saturated rings. The van der Waals surface area contributed by atoms with Gasteiger partial charge in [-0.05, 0) is 44.1 Å². The molecule has 0 aliphatic carbocycles. The molecule has 0 bridgehead atoms. The first-order valence-corrected chi connectivity index (χ1v) is 17.2. The van der Waals surface area contributed by atoms with Gasteiger partial charge >= 0.3 is 0 Å². The SMILES string of the molecule is CCC[C@@H](NC(=O)[C@@H](Cc1ccccc1)NC(=O)c1cc[n+]([O-])cc1)C(=O)N[C@@H](CN[C@H](C)C(=O)N[C@@H](C(=O)NCC)C(C)C)CC(C)C. The quantitative estimate of drug-likeness (QED) is 0.0908. The molecule has 5 amide bonds. The molecule has 0 saturated carbocycles. The molecule has 1 aromatic carbocycles. The molecule has 2 aromatic rings. The van der Waals surface area contributed by atoms with Crippen LogP contribution in [0.15, 0.2) is 54.9 Å². The largest absolute Gasteiger partial charge is 0.619 e. The van der Waals surface area contributed by atoms with Gasteiger partial charge in [0.2, 0.25) is 23.6 Å². The van der Waals surface area contributed by atoms with Gasteiger partial charge in [0.15, 0.2) is 12.4 Å². The van der Waals surface area contributed by atoms with E-state index in [2.05, 4.69) is 31.9 Å². The van der Waals surface area contributed by atoms with E-state index >= 15 is 0 Å². The molecule has 2 rings (SSSR count). The second kappa shape index (κ2) is 20.8. The number of pyridine rings is 1. The van der Waals surface area contributed by atoms with Crippen molar-refractivity contribution in [2.45, 2.75) is 104 Å². The molecule has 270 valence electrons. The third-order valence-electron chi connectivity index (χ3n) is 7.94. The summed E-state index contributed by atoms with van der Waals surface area (Å²) in [5, 5.41) is 28.9. The van der Waals surface area contributed by atoms with Gasteiger partial charge in [0.05, 0.1) is 11.6 Å². The van der Waals surface area contributed by atoms with Gasteiger partial charge in [-0.25, -0.2) is 0 Å². The fourth-order valence-electron chi connectivity index (χ4n) is 5.27. The minimum atomic E-state index is -0.997.